The minimum Gasteiger partial charge on any atom is -0.456 e. The Bertz CT molecular complexity index is 824. The molecule has 0 bridgehead atoms. The van der Waals surface area contributed by atoms with Gasteiger partial charge in [0.1, 0.15) is 18.1 Å². The molecule has 0 aliphatic heterocycles. The lowest BCUT2D eigenvalue weighted by Gasteiger charge is -1.97. The van der Waals surface area contributed by atoms with Crippen LogP contribution >= 0.6 is 11.3 Å². The molecule has 0 saturated heterocycles. The third-order valence-electron chi connectivity index (χ3n) is 2.99. The zero-order chi connectivity index (χ0) is 16.1. The Morgan fingerprint density at radius 3 is 2.96 bits per heavy atom. The van der Waals surface area contributed by atoms with Crippen LogP contribution in [0.1, 0.15) is 10.6 Å². The maximum atomic E-state index is 13.7. The van der Waals surface area contributed by atoms with Gasteiger partial charge < -0.3 is 9.26 Å². The second-order valence-corrected chi connectivity index (χ2v) is 5.60. The van der Waals surface area contributed by atoms with Crippen LogP contribution in [0.3, 0.4) is 0 Å². The van der Waals surface area contributed by atoms with Crippen molar-refractivity contribution < 1.29 is 18.4 Å². The fraction of sp³-hybridized carbons (Fsp3) is 0.0588. The van der Waals surface area contributed by atoms with Crippen LogP contribution in [0.25, 0.3) is 17.4 Å². The van der Waals surface area contributed by atoms with Crippen LogP contribution in [-0.2, 0) is 16.1 Å². The fourth-order valence-electron chi connectivity index (χ4n) is 1.90. The third kappa shape index (κ3) is 3.92. The summed E-state index contributed by atoms with van der Waals surface area (Å²) in [4.78, 5) is 12.6. The van der Waals surface area contributed by atoms with Crippen molar-refractivity contribution in [3.8, 4) is 11.3 Å². The summed E-state index contributed by atoms with van der Waals surface area (Å²) < 4.78 is 23.8. The summed E-state index contributed by atoms with van der Waals surface area (Å²) in [6, 6.07) is 11.6. The van der Waals surface area contributed by atoms with E-state index < -0.39 is 11.8 Å². The fourth-order valence-corrected chi connectivity index (χ4v) is 2.52. The molecule has 0 amide bonds. The minimum atomic E-state index is -0.478. The van der Waals surface area contributed by atoms with E-state index in [0.29, 0.717) is 17.0 Å². The molecule has 0 fully saturated rings. The number of carbonyl (C=O) groups is 1. The van der Waals surface area contributed by atoms with E-state index >= 15 is 0 Å². The molecule has 3 rings (SSSR count). The lowest BCUT2D eigenvalue weighted by Crippen LogP contribution is -2.00. The summed E-state index contributed by atoms with van der Waals surface area (Å²) >= 11 is 1.52. The molecule has 0 aliphatic rings. The van der Waals surface area contributed by atoms with Gasteiger partial charge in [0.2, 0.25) is 0 Å². The van der Waals surface area contributed by atoms with Crippen LogP contribution < -0.4 is 0 Å². The number of hydrogen-bond donors (Lipinski definition) is 0. The molecule has 0 aliphatic carbocycles. The Balaban J connectivity index is 1.59. The normalized spacial score (nSPS) is 11.0. The zero-order valence-corrected chi connectivity index (χ0v) is 12.8. The van der Waals surface area contributed by atoms with Crippen molar-refractivity contribution in [2.75, 3.05) is 0 Å². The Labute approximate surface area is 135 Å². The largest absolute Gasteiger partial charge is 0.456 e. The highest BCUT2D eigenvalue weighted by molar-refractivity contribution is 7.10. The number of benzene rings is 1. The number of halogens is 1. The Morgan fingerprint density at radius 2 is 2.17 bits per heavy atom. The lowest BCUT2D eigenvalue weighted by molar-refractivity contribution is -0.139. The van der Waals surface area contributed by atoms with Crippen molar-refractivity contribution in [3.05, 3.63) is 70.3 Å². The first-order valence-corrected chi connectivity index (χ1v) is 7.69. The van der Waals surface area contributed by atoms with E-state index in [-0.39, 0.29) is 6.61 Å². The molecule has 0 spiro atoms. The molecule has 116 valence electrons. The standard InChI is InChI=1S/C17H12FNO3S/c18-15-6-2-1-5-14(15)16-10-12(19-22-16)11-21-17(20)8-7-13-4-3-9-23-13/h1-10H,11H2/b8-7+. The van der Waals surface area contributed by atoms with Crippen molar-refractivity contribution in [2.45, 2.75) is 6.61 Å². The highest BCUT2D eigenvalue weighted by Gasteiger charge is 2.11. The molecule has 4 nitrogen and oxygen atoms in total. The molecule has 0 unspecified atom stereocenters. The van der Waals surface area contributed by atoms with E-state index in [4.69, 9.17) is 9.26 Å². The monoisotopic (exact) mass is 329 g/mol. The first-order chi connectivity index (χ1) is 11.2. The maximum Gasteiger partial charge on any atom is 0.331 e. The van der Waals surface area contributed by atoms with Crippen LogP contribution in [0.15, 0.2) is 58.4 Å². The van der Waals surface area contributed by atoms with Crippen LogP contribution in [0.5, 0.6) is 0 Å². The summed E-state index contributed by atoms with van der Waals surface area (Å²) in [5, 5.41) is 5.70. The SMILES string of the molecule is O=C(/C=C/c1cccs1)OCc1cc(-c2ccccc2F)on1. The van der Waals surface area contributed by atoms with Gasteiger partial charge in [0.25, 0.3) is 0 Å². The Morgan fingerprint density at radius 1 is 1.30 bits per heavy atom. The zero-order valence-electron chi connectivity index (χ0n) is 11.9. The first-order valence-electron chi connectivity index (χ1n) is 6.81. The number of rotatable bonds is 5. The third-order valence-corrected chi connectivity index (χ3v) is 3.82. The van der Waals surface area contributed by atoms with Gasteiger partial charge in [-0.25, -0.2) is 9.18 Å². The van der Waals surface area contributed by atoms with Gasteiger partial charge in [-0.1, -0.05) is 23.4 Å². The van der Waals surface area contributed by atoms with Gasteiger partial charge in [0.15, 0.2) is 5.76 Å². The van der Waals surface area contributed by atoms with Crippen LogP contribution in [0.4, 0.5) is 4.39 Å². The molecule has 3 aromatic rings. The molecule has 0 saturated carbocycles. The van der Waals surface area contributed by atoms with Gasteiger partial charge >= 0.3 is 5.97 Å². The van der Waals surface area contributed by atoms with E-state index in [2.05, 4.69) is 5.16 Å². The molecule has 2 aromatic heterocycles. The molecule has 0 radical (unpaired) electrons. The van der Waals surface area contributed by atoms with Crippen molar-refractivity contribution >= 4 is 23.4 Å². The highest BCUT2D eigenvalue weighted by Crippen LogP contribution is 2.23. The second kappa shape index (κ2) is 7.02. The number of esters is 1. The molecule has 6 heteroatoms. The van der Waals surface area contributed by atoms with Gasteiger partial charge in [-0.3, -0.25) is 0 Å². The predicted octanol–water partition coefficient (Wildman–Crippen LogP) is 4.30. The Hall–Kier alpha value is -2.73. The summed E-state index contributed by atoms with van der Waals surface area (Å²) in [5.74, 6) is -0.580. The van der Waals surface area contributed by atoms with E-state index in [1.165, 1.54) is 23.5 Å². The Kier molecular flexibility index (Phi) is 4.63. The first kappa shape index (κ1) is 15.2. The number of thiophene rings is 1. The second-order valence-electron chi connectivity index (χ2n) is 4.62. The van der Waals surface area contributed by atoms with Gasteiger partial charge in [-0.05, 0) is 29.7 Å². The van der Waals surface area contributed by atoms with E-state index in [0.717, 1.165) is 4.88 Å². The molecule has 0 N–H and O–H groups in total. The average molecular weight is 329 g/mol. The van der Waals surface area contributed by atoms with Crippen molar-refractivity contribution in [1.82, 2.24) is 5.16 Å². The van der Waals surface area contributed by atoms with E-state index in [1.54, 1.807) is 30.3 Å². The molecular weight excluding hydrogens is 317 g/mol. The average Bonchev–Trinajstić information content (AvgIpc) is 3.23. The summed E-state index contributed by atoms with van der Waals surface area (Å²) in [5.41, 5.74) is 0.733. The van der Waals surface area contributed by atoms with Gasteiger partial charge in [0.05, 0.1) is 5.56 Å². The van der Waals surface area contributed by atoms with Gasteiger partial charge in [0, 0.05) is 17.0 Å². The summed E-state index contributed by atoms with van der Waals surface area (Å²) in [7, 11) is 0. The topological polar surface area (TPSA) is 52.3 Å². The van der Waals surface area contributed by atoms with Crippen molar-refractivity contribution in [2.24, 2.45) is 0 Å². The van der Waals surface area contributed by atoms with Gasteiger partial charge in [-0.15, -0.1) is 11.3 Å². The van der Waals surface area contributed by atoms with E-state index in [1.807, 2.05) is 17.5 Å². The molecule has 1 aromatic carbocycles. The van der Waals surface area contributed by atoms with Crippen molar-refractivity contribution in [1.29, 1.82) is 0 Å². The van der Waals surface area contributed by atoms with Crippen LogP contribution in [-0.4, -0.2) is 11.1 Å². The molecule has 23 heavy (non-hydrogen) atoms. The summed E-state index contributed by atoms with van der Waals surface area (Å²) in [6.07, 6.45) is 3.03. The predicted molar refractivity (Wildman–Crippen MR) is 85.0 cm³/mol. The maximum absolute atomic E-state index is 13.7. The lowest BCUT2D eigenvalue weighted by atomic mass is 10.1. The number of nitrogens with zero attached hydrogens (tertiary/aromatic N) is 1. The van der Waals surface area contributed by atoms with Gasteiger partial charge in [-0.2, -0.15) is 0 Å². The van der Waals surface area contributed by atoms with E-state index in [9.17, 15) is 9.18 Å². The molecule has 2 heterocycles. The number of ether oxygens (including phenoxy) is 1. The smallest absolute Gasteiger partial charge is 0.331 e. The summed E-state index contributed by atoms with van der Waals surface area (Å²) in [6.45, 7) is -0.0361. The number of hydrogen-bond acceptors (Lipinski definition) is 5. The molecular formula is C17H12FNO3S. The van der Waals surface area contributed by atoms with Crippen LogP contribution in [0.2, 0.25) is 0 Å². The highest BCUT2D eigenvalue weighted by atomic mass is 32.1. The number of aromatic nitrogens is 1. The molecule has 0 atom stereocenters. The van der Waals surface area contributed by atoms with Crippen LogP contribution in [0, 0.1) is 5.82 Å². The minimum absolute atomic E-state index is 0.0361. The van der Waals surface area contributed by atoms with Crippen molar-refractivity contribution in [3.63, 3.8) is 0 Å². The quantitative estimate of drug-likeness (QED) is 0.517. The number of carbonyl (C=O) groups excluding carboxylic acids is 1.